The van der Waals surface area contributed by atoms with Gasteiger partial charge in [-0.25, -0.2) is 13.1 Å². The first-order valence-electron chi connectivity index (χ1n) is 7.44. The topological polar surface area (TPSA) is 64.6 Å². The van der Waals surface area contributed by atoms with Crippen molar-refractivity contribution in [1.82, 2.24) is 4.72 Å². The molecule has 1 fully saturated rings. The molecule has 0 aromatic heterocycles. The number of benzene rings is 1. The molecule has 124 valence electrons. The van der Waals surface area contributed by atoms with Gasteiger partial charge in [0.2, 0.25) is 10.0 Å². The van der Waals surface area contributed by atoms with E-state index in [1.54, 1.807) is 19.1 Å². The molecule has 1 aromatic carbocycles. The molecule has 1 N–H and O–H groups in total. The lowest BCUT2D eigenvalue weighted by atomic mass is 10.2. The van der Waals surface area contributed by atoms with Gasteiger partial charge in [0.05, 0.1) is 17.6 Å². The lowest BCUT2D eigenvalue weighted by molar-refractivity contribution is 0.0169. The van der Waals surface area contributed by atoms with E-state index in [-0.39, 0.29) is 6.10 Å². The minimum atomic E-state index is -3.48. The van der Waals surface area contributed by atoms with Crippen molar-refractivity contribution >= 4 is 26.0 Å². The summed E-state index contributed by atoms with van der Waals surface area (Å²) in [6, 6.07) is 5.22. The maximum atomic E-state index is 12.3. The zero-order valence-corrected chi connectivity index (χ0v) is 15.1. The smallest absolute Gasteiger partial charge is 0.240 e. The van der Waals surface area contributed by atoms with Crippen LogP contribution in [0.2, 0.25) is 0 Å². The molecule has 2 rings (SSSR count). The third-order valence-corrected chi connectivity index (χ3v) is 5.62. The quantitative estimate of drug-likeness (QED) is 0.691. The largest absolute Gasteiger partial charge is 0.379 e. The minimum absolute atomic E-state index is 0.209. The van der Waals surface area contributed by atoms with E-state index >= 15 is 0 Å². The molecule has 1 atom stereocenters. The highest BCUT2D eigenvalue weighted by Crippen LogP contribution is 2.20. The highest BCUT2D eigenvalue weighted by molar-refractivity contribution is 9.10. The van der Waals surface area contributed by atoms with E-state index in [1.165, 1.54) is 0 Å². The van der Waals surface area contributed by atoms with Crippen LogP contribution in [-0.4, -0.2) is 40.9 Å². The maximum Gasteiger partial charge on any atom is 0.240 e. The molecular formula is C15H22BrNO4S. The third kappa shape index (κ3) is 5.31. The van der Waals surface area contributed by atoms with Gasteiger partial charge in [-0.05, 0) is 43.9 Å². The molecule has 1 saturated heterocycles. The van der Waals surface area contributed by atoms with Crippen LogP contribution in [0.25, 0.3) is 0 Å². The highest BCUT2D eigenvalue weighted by atomic mass is 79.9. The Balaban J connectivity index is 1.72. The lowest BCUT2D eigenvalue weighted by Crippen LogP contribution is -2.26. The molecule has 0 aliphatic carbocycles. The molecule has 5 nitrogen and oxygen atoms in total. The van der Waals surface area contributed by atoms with E-state index in [9.17, 15) is 8.42 Å². The normalized spacial score (nSPS) is 18.7. The van der Waals surface area contributed by atoms with Crippen LogP contribution >= 0.6 is 15.9 Å². The SMILES string of the molecule is Cc1ccc(Br)cc1S(=O)(=O)NCCCOCC1CCCO1. The van der Waals surface area contributed by atoms with Crippen molar-refractivity contribution in [3.8, 4) is 0 Å². The standard InChI is InChI=1S/C15H22BrNO4S/c1-12-5-6-13(16)10-15(12)22(18,19)17-7-3-8-20-11-14-4-2-9-21-14/h5-6,10,14,17H,2-4,7-9,11H2,1H3. The van der Waals surface area contributed by atoms with Crippen LogP contribution in [0.5, 0.6) is 0 Å². The zero-order chi connectivity index (χ0) is 16.0. The van der Waals surface area contributed by atoms with Crippen molar-refractivity contribution in [3.05, 3.63) is 28.2 Å². The molecule has 1 unspecified atom stereocenters. The summed E-state index contributed by atoms with van der Waals surface area (Å²) in [4.78, 5) is 0.308. The molecular weight excluding hydrogens is 370 g/mol. The van der Waals surface area contributed by atoms with Gasteiger partial charge in [0, 0.05) is 24.2 Å². The zero-order valence-electron chi connectivity index (χ0n) is 12.7. The van der Waals surface area contributed by atoms with Gasteiger partial charge in [-0.2, -0.15) is 0 Å². The second-order valence-electron chi connectivity index (χ2n) is 5.37. The van der Waals surface area contributed by atoms with Gasteiger partial charge in [-0.15, -0.1) is 0 Å². The average molecular weight is 392 g/mol. The molecule has 22 heavy (non-hydrogen) atoms. The number of nitrogens with one attached hydrogen (secondary N) is 1. The van der Waals surface area contributed by atoms with Crippen molar-refractivity contribution in [1.29, 1.82) is 0 Å². The molecule has 1 aliphatic rings. The van der Waals surface area contributed by atoms with Crippen LogP contribution in [0, 0.1) is 6.92 Å². The first-order valence-corrected chi connectivity index (χ1v) is 9.72. The first kappa shape index (κ1) is 17.9. The van der Waals surface area contributed by atoms with Gasteiger partial charge in [-0.1, -0.05) is 22.0 Å². The fourth-order valence-electron chi connectivity index (χ4n) is 2.31. The van der Waals surface area contributed by atoms with Crippen LogP contribution in [0.3, 0.4) is 0 Å². The minimum Gasteiger partial charge on any atom is -0.379 e. The Morgan fingerprint density at radius 2 is 2.27 bits per heavy atom. The number of hydrogen-bond donors (Lipinski definition) is 1. The summed E-state index contributed by atoms with van der Waals surface area (Å²) in [6.07, 6.45) is 2.99. The Bertz CT molecular complexity index is 585. The van der Waals surface area contributed by atoms with Crippen molar-refractivity contribution in [2.75, 3.05) is 26.4 Å². The molecule has 1 aliphatic heterocycles. The van der Waals surface area contributed by atoms with Crippen molar-refractivity contribution in [2.24, 2.45) is 0 Å². The maximum absolute atomic E-state index is 12.3. The number of rotatable bonds is 8. The van der Waals surface area contributed by atoms with Gasteiger partial charge in [0.15, 0.2) is 0 Å². The van der Waals surface area contributed by atoms with Crippen LogP contribution in [0.1, 0.15) is 24.8 Å². The van der Waals surface area contributed by atoms with Gasteiger partial charge in [0.25, 0.3) is 0 Å². The molecule has 1 heterocycles. The predicted molar refractivity (Wildman–Crippen MR) is 88.5 cm³/mol. The van der Waals surface area contributed by atoms with Crippen molar-refractivity contribution in [2.45, 2.75) is 37.2 Å². The van der Waals surface area contributed by atoms with Crippen molar-refractivity contribution < 1.29 is 17.9 Å². The van der Waals surface area contributed by atoms with Gasteiger partial charge < -0.3 is 9.47 Å². The fraction of sp³-hybridized carbons (Fsp3) is 0.600. The molecule has 0 amide bonds. The number of halogens is 1. The molecule has 0 radical (unpaired) electrons. The third-order valence-electron chi connectivity index (χ3n) is 3.52. The summed E-state index contributed by atoms with van der Waals surface area (Å²) in [5.74, 6) is 0. The van der Waals surface area contributed by atoms with E-state index in [2.05, 4.69) is 20.7 Å². The summed E-state index contributed by atoms with van der Waals surface area (Å²) < 4.78 is 38.8. The van der Waals surface area contributed by atoms with E-state index in [0.717, 1.165) is 29.5 Å². The number of aryl methyl sites for hydroxylation is 1. The summed E-state index contributed by atoms with van der Waals surface area (Å²) >= 11 is 3.30. The Hall–Kier alpha value is -0.470. The number of hydrogen-bond acceptors (Lipinski definition) is 4. The summed E-state index contributed by atoms with van der Waals surface area (Å²) in [5, 5.41) is 0. The van der Waals surface area contributed by atoms with Crippen LogP contribution in [-0.2, 0) is 19.5 Å². The second-order valence-corrected chi connectivity index (χ2v) is 8.02. The number of sulfonamides is 1. The monoisotopic (exact) mass is 391 g/mol. The number of ether oxygens (including phenoxy) is 2. The summed E-state index contributed by atoms with van der Waals surface area (Å²) in [7, 11) is -3.48. The Morgan fingerprint density at radius 1 is 1.45 bits per heavy atom. The molecule has 0 spiro atoms. The van der Waals surface area contributed by atoms with E-state index in [4.69, 9.17) is 9.47 Å². The molecule has 0 saturated carbocycles. The van der Waals surface area contributed by atoms with Crippen LogP contribution < -0.4 is 4.72 Å². The lowest BCUT2D eigenvalue weighted by Gasteiger charge is -2.11. The van der Waals surface area contributed by atoms with Crippen LogP contribution in [0.4, 0.5) is 0 Å². The van der Waals surface area contributed by atoms with Crippen molar-refractivity contribution in [3.63, 3.8) is 0 Å². The van der Waals surface area contributed by atoms with E-state index < -0.39 is 10.0 Å². The predicted octanol–water partition coefficient (Wildman–Crippen LogP) is 2.62. The average Bonchev–Trinajstić information content (AvgIpc) is 2.98. The Labute approximate surface area is 140 Å². The molecule has 0 bridgehead atoms. The summed E-state index contributed by atoms with van der Waals surface area (Å²) in [6.45, 7) is 4.09. The molecule has 1 aromatic rings. The van der Waals surface area contributed by atoms with Gasteiger partial charge in [-0.3, -0.25) is 0 Å². The van der Waals surface area contributed by atoms with Gasteiger partial charge in [0.1, 0.15) is 0 Å². The summed E-state index contributed by atoms with van der Waals surface area (Å²) in [5.41, 5.74) is 0.727. The highest BCUT2D eigenvalue weighted by Gasteiger charge is 2.17. The van der Waals surface area contributed by atoms with Gasteiger partial charge >= 0.3 is 0 Å². The molecule has 7 heteroatoms. The second kappa shape index (κ2) is 8.40. The van der Waals surface area contributed by atoms with Crippen LogP contribution in [0.15, 0.2) is 27.6 Å². The Kier molecular flexibility index (Phi) is 6.83. The Morgan fingerprint density at radius 3 is 3.00 bits per heavy atom. The fourth-order valence-corrected chi connectivity index (χ4v) is 4.17. The van der Waals surface area contributed by atoms with E-state index in [0.29, 0.717) is 31.1 Å². The first-order chi connectivity index (χ1) is 10.5. The van der Waals surface area contributed by atoms with E-state index in [1.807, 2.05) is 6.07 Å².